The van der Waals surface area contributed by atoms with Crippen LogP contribution >= 0.6 is 0 Å². The molecule has 0 spiro atoms. The van der Waals surface area contributed by atoms with Crippen molar-refractivity contribution >= 4 is 22.7 Å². The summed E-state index contributed by atoms with van der Waals surface area (Å²) in [6.07, 6.45) is 1.40. The molecule has 4 aromatic carbocycles. The van der Waals surface area contributed by atoms with Crippen molar-refractivity contribution in [1.82, 2.24) is 0 Å². The molecule has 0 N–H and O–H groups in total. The van der Waals surface area contributed by atoms with Crippen LogP contribution in [0.15, 0.2) is 91.5 Å². The zero-order chi connectivity index (χ0) is 28.1. The molecule has 3 atom stereocenters. The normalized spacial score (nSPS) is 22.2. The Labute approximate surface area is 231 Å². The average Bonchev–Trinajstić information content (AvgIpc) is 3.01. The number of esters is 2. The number of hydrogen-bond donors (Lipinski definition) is 0. The van der Waals surface area contributed by atoms with Crippen molar-refractivity contribution in [2.24, 2.45) is 5.92 Å². The minimum atomic E-state index is -1.11. The zero-order valence-corrected chi connectivity index (χ0v) is 22.4. The minimum Gasteiger partial charge on any atom is -0.497 e. The number of ether oxygens (including phenoxy) is 5. The molecular weight excluding hydrogens is 508 g/mol. The van der Waals surface area contributed by atoms with E-state index in [9.17, 15) is 9.59 Å². The molecule has 0 amide bonds. The molecule has 4 aromatic rings. The van der Waals surface area contributed by atoms with E-state index in [-0.39, 0.29) is 0 Å². The van der Waals surface area contributed by atoms with Crippen molar-refractivity contribution in [3.05, 3.63) is 114 Å². The van der Waals surface area contributed by atoms with Crippen molar-refractivity contribution in [1.29, 1.82) is 0 Å². The number of hydrogen-bond acceptors (Lipinski definition) is 7. The predicted molar refractivity (Wildman–Crippen MR) is 149 cm³/mol. The van der Waals surface area contributed by atoms with Gasteiger partial charge in [-0.25, -0.2) is 4.79 Å². The minimum absolute atomic E-state index is 0.306. The third kappa shape index (κ3) is 3.51. The summed E-state index contributed by atoms with van der Waals surface area (Å²) >= 11 is 0. The molecule has 40 heavy (non-hydrogen) atoms. The Morgan fingerprint density at radius 2 is 1.40 bits per heavy atom. The van der Waals surface area contributed by atoms with Crippen LogP contribution < -0.4 is 14.2 Å². The first-order valence-corrected chi connectivity index (χ1v) is 12.9. The van der Waals surface area contributed by atoms with E-state index in [1.54, 1.807) is 39.5 Å². The van der Waals surface area contributed by atoms with Crippen LogP contribution in [0.5, 0.6) is 17.2 Å². The van der Waals surface area contributed by atoms with Gasteiger partial charge in [0.15, 0.2) is 0 Å². The van der Waals surface area contributed by atoms with Gasteiger partial charge in [0, 0.05) is 37.5 Å². The lowest BCUT2D eigenvalue weighted by molar-refractivity contribution is -0.164. The predicted octanol–water partition coefficient (Wildman–Crippen LogP) is 5.66. The Bertz CT molecular complexity index is 1670. The molecule has 7 rings (SSSR count). The molecule has 0 saturated heterocycles. The average molecular weight is 537 g/mol. The SMILES string of the molecule is C=CC(=O)Oc1ccc(OC(=O)C2CC3(OC)c4ccccc4C2(OC)c2ccc(OC)cc23)c2ccccc12. The smallest absolute Gasteiger partial charge is 0.335 e. The summed E-state index contributed by atoms with van der Waals surface area (Å²) in [6, 6.07) is 24.2. The van der Waals surface area contributed by atoms with Crippen LogP contribution in [0.25, 0.3) is 10.8 Å². The number of rotatable bonds is 7. The topological polar surface area (TPSA) is 80.3 Å². The molecule has 0 radical (unpaired) electrons. The van der Waals surface area contributed by atoms with E-state index in [1.165, 1.54) is 0 Å². The molecule has 0 aliphatic heterocycles. The van der Waals surface area contributed by atoms with Crippen molar-refractivity contribution in [3.8, 4) is 17.2 Å². The lowest BCUT2D eigenvalue weighted by Crippen LogP contribution is -2.59. The molecule has 3 aliphatic rings. The molecule has 0 heterocycles. The third-order valence-corrected chi connectivity index (χ3v) is 8.19. The molecule has 0 saturated carbocycles. The number of methoxy groups -OCH3 is 3. The second-order valence-electron chi connectivity index (χ2n) is 9.84. The van der Waals surface area contributed by atoms with Crippen LogP contribution in [0.2, 0.25) is 0 Å². The maximum Gasteiger partial charge on any atom is 0.335 e. The molecule has 0 aromatic heterocycles. The van der Waals surface area contributed by atoms with Gasteiger partial charge in [0.05, 0.1) is 13.0 Å². The third-order valence-electron chi connectivity index (χ3n) is 8.19. The van der Waals surface area contributed by atoms with Crippen LogP contribution in [0.3, 0.4) is 0 Å². The molecular formula is C33H28O7. The Balaban J connectivity index is 1.48. The molecule has 202 valence electrons. The number of fused-ring (bicyclic) bond motifs is 2. The Kier molecular flexibility index (Phi) is 6.21. The standard InChI is InChI=1S/C33H28O7/c1-5-30(34)39-28-16-17-29(22-11-7-6-10-21(22)28)40-31(35)27-19-32(37-3)23-12-8-9-13-24(23)33(27,38-4)25-15-14-20(36-2)18-26(25)32/h5-18,27H,1,19H2,2-4H3. The summed E-state index contributed by atoms with van der Waals surface area (Å²) in [7, 11) is 4.90. The molecule has 2 bridgehead atoms. The summed E-state index contributed by atoms with van der Waals surface area (Å²) in [5, 5.41) is 1.26. The van der Waals surface area contributed by atoms with Gasteiger partial charge in [-0.2, -0.15) is 0 Å². The van der Waals surface area contributed by atoms with E-state index >= 15 is 0 Å². The fourth-order valence-electron chi connectivity index (χ4n) is 6.45. The van der Waals surface area contributed by atoms with Crippen molar-refractivity contribution in [3.63, 3.8) is 0 Å². The van der Waals surface area contributed by atoms with Crippen LogP contribution in [-0.4, -0.2) is 33.3 Å². The summed E-state index contributed by atoms with van der Waals surface area (Å²) < 4.78 is 29.7. The van der Waals surface area contributed by atoms with E-state index in [0.29, 0.717) is 34.4 Å². The highest BCUT2D eigenvalue weighted by Gasteiger charge is 2.64. The second-order valence-corrected chi connectivity index (χ2v) is 9.84. The zero-order valence-electron chi connectivity index (χ0n) is 22.4. The first-order chi connectivity index (χ1) is 19.4. The number of carbonyl (C=O) groups is 2. The van der Waals surface area contributed by atoms with E-state index in [4.69, 9.17) is 23.7 Å². The van der Waals surface area contributed by atoms with Crippen LogP contribution in [0, 0.1) is 5.92 Å². The van der Waals surface area contributed by atoms with Gasteiger partial charge >= 0.3 is 11.9 Å². The fraction of sp³-hybridized carbons (Fsp3) is 0.212. The molecule has 3 unspecified atom stereocenters. The monoisotopic (exact) mass is 536 g/mol. The van der Waals surface area contributed by atoms with Gasteiger partial charge in [-0.1, -0.05) is 61.2 Å². The van der Waals surface area contributed by atoms with Crippen molar-refractivity contribution in [2.75, 3.05) is 21.3 Å². The number of carbonyl (C=O) groups excluding carboxylic acids is 2. The van der Waals surface area contributed by atoms with Crippen LogP contribution in [-0.2, 0) is 30.3 Å². The quantitative estimate of drug-likeness (QED) is 0.171. The lowest BCUT2D eigenvalue weighted by Gasteiger charge is -2.56. The molecule has 3 aliphatic carbocycles. The Morgan fingerprint density at radius 3 is 2.02 bits per heavy atom. The van der Waals surface area contributed by atoms with Gasteiger partial charge < -0.3 is 23.7 Å². The van der Waals surface area contributed by atoms with E-state index in [0.717, 1.165) is 28.3 Å². The van der Waals surface area contributed by atoms with Gasteiger partial charge in [-0.05, 0) is 46.5 Å². The highest BCUT2D eigenvalue weighted by Crippen LogP contribution is 2.63. The number of benzene rings is 4. The van der Waals surface area contributed by atoms with E-state index in [1.807, 2.05) is 60.7 Å². The second kappa shape index (κ2) is 9.62. The van der Waals surface area contributed by atoms with Gasteiger partial charge in [0.2, 0.25) is 0 Å². The van der Waals surface area contributed by atoms with E-state index < -0.39 is 29.1 Å². The first-order valence-electron chi connectivity index (χ1n) is 12.9. The highest BCUT2D eigenvalue weighted by atomic mass is 16.5. The van der Waals surface area contributed by atoms with Gasteiger partial charge in [0.1, 0.15) is 28.5 Å². The summed E-state index contributed by atoms with van der Waals surface area (Å²) in [5.41, 5.74) is 1.53. The summed E-state index contributed by atoms with van der Waals surface area (Å²) in [4.78, 5) is 26.1. The molecule has 7 nitrogen and oxygen atoms in total. The van der Waals surface area contributed by atoms with Gasteiger partial charge in [-0.15, -0.1) is 0 Å². The summed E-state index contributed by atoms with van der Waals surface area (Å²) in [6.45, 7) is 3.46. The highest BCUT2D eigenvalue weighted by molar-refractivity contribution is 5.97. The molecule has 7 heteroatoms. The summed E-state index contributed by atoms with van der Waals surface area (Å²) in [5.74, 6) is -0.379. The van der Waals surface area contributed by atoms with E-state index in [2.05, 4.69) is 6.58 Å². The lowest BCUT2D eigenvalue weighted by atomic mass is 9.54. The molecule has 0 fully saturated rings. The van der Waals surface area contributed by atoms with Crippen molar-refractivity contribution < 1.29 is 33.3 Å². The van der Waals surface area contributed by atoms with Crippen LogP contribution in [0.4, 0.5) is 0 Å². The largest absolute Gasteiger partial charge is 0.497 e. The maximum atomic E-state index is 14.2. The fourth-order valence-corrected chi connectivity index (χ4v) is 6.45. The van der Waals surface area contributed by atoms with Crippen LogP contribution in [0.1, 0.15) is 28.7 Å². The Morgan fingerprint density at radius 1 is 0.775 bits per heavy atom. The maximum absolute atomic E-state index is 14.2. The first kappa shape index (κ1) is 25.8. The van der Waals surface area contributed by atoms with Gasteiger partial charge in [0.25, 0.3) is 0 Å². The Hall–Kier alpha value is -4.46. The van der Waals surface area contributed by atoms with Gasteiger partial charge in [-0.3, -0.25) is 4.79 Å². The van der Waals surface area contributed by atoms with Crippen molar-refractivity contribution in [2.45, 2.75) is 17.6 Å².